The zero-order valence-electron chi connectivity index (χ0n) is 12.0. The molecule has 23 heavy (non-hydrogen) atoms. The van der Waals surface area contributed by atoms with E-state index in [4.69, 9.17) is 14.7 Å². The van der Waals surface area contributed by atoms with Crippen molar-refractivity contribution in [2.24, 2.45) is 0 Å². The van der Waals surface area contributed by atoms with Gasteiger partial charge in [-0.25, -0.2) is 4.79 Å². The Morgan fingerprint density at radius 2 is 1.35 bits per heavy atom. The summed E-state index contributed by atoms with van der Waals surface area (Å²) in [7, 11) is 0. The Balaban J connectivity index is 0.000000365. The molecule has 118 valence electrons. The van der Waals surface area contributed by atoms with Crippen LogP contribution in [0.5, 0.6) is 0 Å². The summed E-state index contributed by atoms with van der Waals surface area (Å²) in [6, 6.07) is 17.6. The summed E-state index contributed by atoms with van der Waals surface area (Å²) in [5.41, 5.74) is 1.28. The molecule has 0 atom stereocenters. The fourth-order valence-corrected chi connectivity index (χ4v) is 1.42. The topological polar surface area (TPSA) is 106 Å². The lowest BCUT2D eigenvalue weighted by molar-refractivity contribution is -0.191. The summed E-state index contributed by atoms with van der Waals surface area (Å²) in [5.74, 6) is -2.29. The van der Waals surface area contributed by atoms with Crippen molar-refractivity contribution in [2.75, 3.05) is 0 Å². The quantitative estimate of drug-likeness (QED) is 0.524. The van der Waals surface area contributed by atoms with Crippen molar-refractivity contribution in [3.63, 3.8) is 0 Å². The second kappa shape index (κ2) is 12.4. The van der Waals surface area contributed by atoms with Gasteiger partial charge in [0.05, 0.1) is 0 Å². The number of carbonyl (C=O) groups excluding carboxylic acids is 4. The Hall–Kier alpha value is -3.37. The molecule has 2 rings (SSSR count). The molecular weight excluding hydrogens is 300 g/mol. The van der Waals surface area contributed by atoms with E-state index in [2.05, 4.69) is 0 Å². The van der Waals surface area contributed by atoms with Crippen molar-refractivity contribution < 1.29 is 29.1 Å². The van der Waals surface area contributed by atoms with Gasteiger partial charge in [0.15, 0.2) is 0 Å². The lowest BCUT2D eigenvalue weighted by atomic mass is 10.1. The van der Waals surface area contributed by atoms with Crippen LogP contribution in [0, 0.1) is 0 Å². The monoisotopic (exact) mass is 314 g/mol. The third-order valence-electron chi connectivity index (χ3n) is 2.39. The minimum absolute atomic E-state index is 0.208. The van der Waals surface area contributed by atoms with Crippen LogP contribution >= 0.6 is 0 Å². The van der Waals surface area contributed by atoms with Crippen LogP contribution in [0.3, 0.4) is 0 Å². The molecule has 0 saturated heterocycles. The maximum Gasteiger partial charge on any atom is 0.377 e. The second-order valence-electron chi connectivity index (χ2n) is 3.94. The highest BCUT2D eigenvalue weighted by atomic mass is 16.4. The average molecular weight is 314 g/mol. The smallest absolute Gasteiger partial charge is 0.377 e. The van der Waals surface area contributed by atoms with Crippen molar-refractivity contribution in [1.82, 2.24) is 0 Å². The summed E-state index contributed by atoms with van der Waals surface area (Å²) in [5, 5.41) is 8.29. The van der Waals surface area contributed by atoms with E-state index in [0.717, 1.165) is 11.8 Å². The predicted molar refractivity (Wildman–Crippen MR) is 79.6 cm³/mol. The molecule has 0 amide bonds. The molecule has 2 aromatic carbocycles. The molecule has 0 aromatic heterocycles. The van der Waals surface area contributed by atoms with E-state index < -0.39 is 11.8 Å². The van der Waals surface area contributed by atoms with Gasteiger partial charge in [0.1, 0.15) is 6.29 Å². The number of aldehydes is 1. The van der Waals surface area contributed by atoms with Gasteiger partial charge in [-0.15, -0.1) is 0 Å². The van der Waals surface area contributed by atoms with E-state index in [1.165, 1.54) is 12.1 Å². The molecule has 0 radical (unpaired) electrons. The molecule has 0 aliphatic rings. The van der Waals surface area contributed by atoms with Crippen LogP contribution in [0.25, 0.3) is 0 Å². The Kier molecular flexibility index (Phi) is 10.6. The number of hydrogen-bond acceptors (Lipinski definition) is 5. The Bertz CT molecular complexity index is 643. The van der Waals surface area contributed by atoms with E-state index in [1.54, 1.807) is 18.2 Å². The highest BCUT2D eigenvalue weighted by Gasteiger charge is 2.12. The van der Waals surface area contributed by atoms with E-state index in [1.807, 2.05) is 30.3 Å². The van der Waals surface area contributed by atoms with Gasteiger partial charge in [-0.1, -0.05) is 60.7 Å². The Morgan fingerprint density at radius 3 is 1.74 bits per heavy atom. The molecule has 2 aromatic rings. The normalized spacial score (nSPS) is 8.17. The van der Waals surface area contributed by atoms with Crippen LogP contribution in [0.15, 0.2) is 60.7 Å². The maximum absolute atomic E-state index is 10.7. The van der Waals surface area contributed by atoms with Crippen molar-refractivity contribution >= 4 is 24.2 Å². The summed E-state index contributed by atoms with van der Waals surface area (Å²) in [4.78, 5) is 47.1. The molecule has 0 bridgehead atoms. The van der Waals surface area contributed by atoms with Crippen molar-refractivity contribution in [1.29, 1.82) is 0 Å². The highest BCUT2D eigenvalue weighted by Crippen LogP contribution is 1.99. The van der Waals surface area contributed by atoms with E-state index in [9.17, 15) is 14.4 Å². The number of benzene rings is 2. The standard InChI is InChI=1S/C8H6O3.C8H8O.CO2/c9-7(8(10)11)6-4-2-1-3-5-6;9-7-6-8-4-2-1-3-5-8;2-1-3/h1-5H,(H,10,11);1-5,7H,6H2;. The van der Waals surface area contributed by atoms with Crippen LogP contribution in [0.2, 0.25) is 0 Å². The van der Waals surface area contributed by atoms with Crippen LogP contribution < -0.4 is 0 Å². The minimum atomic E-state index is -1.42. The van der Waals surface area contributed by atoms with Gasteiger partial charge in [0.25, 0.3) is 5.78 Å². The van der Waals surface area contributed by atoms with Crippen molar-refractivity contribution in [3.8, 4) is 0 Å². The summed E-state index contributed by atoms with van der Waals surface area (Å²) < 4.78 is 0. The number of Topliss-reactive ketones (excluding diaryl/α,β-unsaturated/α-hetero) is 1. The number of carboxylic acids is 1. The summed E-state index contributed by atoms with van der Waals surface area (Å²) in [6.07, 6.45) is 1.69. The Labute approximate surface area is 132 Å². The molecule has 0 fully saturated rings. The molecule has 0 unspecified atom stereocenters. The van der Waals surface area contributed by atoms with Crippen molar-refractivity contribution in [3.05, 3.63) is 71.8 Å². The number of rotatable bonds is 4. The molecule has 0 saturated carbocycles. The first-order valence-electron chi connectivity index (χ1n) is 6.36. The first kappa shape index (κ1) is 19.6. The average Bonchev–Trinajstić information content (AvgIpc) is 2.57. The second-order valence-corrected chi connectivity index (χ2v) is 3.94. The predicted octanol–water partition coefficient (Wildman–Crippen LogP) is 1.80. The fraction of sp³-hybridized carbons (Fsp3) is 0.0588. The zero-order chi connectivity index (χ0) is 17.5. The molecule has 1 N–H and O–H groups in total. The SMILES string of the molecule is O=C(O)C(=O)c1ccccc1.O=C=O.O=CCc1ccccc1. The molecule has 0 spiro atoms. The molecular formula is C17H14O6. The number of hydrogen-bond donors (Lipinski definition) is 1. The van der Waals surface area contributed by atoms with Crippen LogP contribution in [-0.2, 0) is 25.6 Å². The molecule has 6 heteroatoms. The van der Waals surface area contributed by atoms with Gasteiger partial charge in [-0.2, -0.15) is 9.59 Å². The summed E-state index contributed by atoms with van der Waals surface area (Å²) >= 11 is 0. The number of carbonyl (C=O) groups is 3. The maximum atomic E-state index is 10.7. The van der Waals surface area contributed by atoms with E-state index in [-0.39, 0.29) is 11.7 Å². The highest BCUT2D eigenvalue weighted by molar-refractivity contribution is 6.39. The number of carboxylic acid groups (broad SMARTS) is 1. The summed E-state index contributed by atoms with van der Waals surface area (Å²) in [6.45, 7) is 0. The van der Waals surface area contributed by atoms with Crippen LogP contribution in [0.4, 0.5) is 0 Å². The largest absolute Gasteiger partial charge is 0.475 e. The van der Waals surface area contributed by atoms with Gasteiger partial charge in [0, 0.05) is 12.0 Å². The van der Waals surface area contributed by atoms with Gasteiger partial charge < -0.3 is 9.90 Å². The number of aliphatic carboxylic acids is 1. The van der Waals surface area contributed by atoms with Gasteiger partial charge >= 0.3 is 12.1 Å². The molecule has 0 aliphatic carbocycles. The molecule has 0 heterocycles. The van der Waals surface area contributed by atoms with Crippen LogP contribution in [0.1, 0.15) is 15.9 Å². The van der Waals surface area contributed by atoms with E-state index >= 15 is 0 Å². The van der Waals surface area contributed by atoms with Crippen molar-refractivity contribution in [2.45, 2.75) is 6.42 Å². The minimum Gasteiger partial charge on any atom is -0.475 e. The lowest BCUT2D eigenvalue weighted by Gasteiger charge is -1.91. The zero-order valence-corrected chi connectivity index (χ0v) is 12.0. The molecule has 6 nitrogen and oxygen atoms in total. The van der Waals surface area contributed by atoms with Gasteiger partial charge in [-0.05, 0) is 5.56 Å². The van der Waals surface area contributed by atoms with Gasteiger partial charge in [-0.3, -0.25) is 4.79 Å². The number of ketones is 1. The molecule has 0 aliphatic heterocycles. The fourth-order valence-electron chi connectivity index (χ4n) is 1.42. The first-order chi connectivity index (χ1) is 11.1. The van der Waals surface area contributed by atoms with E-state index in [0.29, 0.717) is 6.42 Å². The lowest BCUT2D eigenvalue weighted by Crippen LogP contribution is -2.12. The third kappa shape index (κ3) is 9.23. The third-order valence-corrected chi connectivity index (χ3v) is 2.39. The Morgan fingerprint density at radius 1 is 0.913 bits per heavy atom. The first-order valence-corrected chi connectivity index (χ1v) is 6.36. The van der Waals surface area contributed by atoms with Gasteiger partial charge in [0.2, 0.25) is 0 Å². The van der Waals surface area contributed by atoms with Crippen LogP contribution in [-0.4, -0.2) is 29.3 Å².